The number of rotatable bonds is 5. The molecule has 18 heavy (non-hydrogen) atoms. The van der Waals surface area contributed by atoms with Gasteiger partial charge in [0.25, 0.3) is 0 Å². The first-order chi connectivity index (χ1) is 8.60. The monoisotopic (exact) mass is 270 g/mol. The van der Waals surface area contributed by atoms with Gasteiger partial charge in [0, 0.05) is 18.3 Å². The predicted octanol–water partition coefficient (Wildman–Crippen LogP) is 2.41. The average Bonchev–Trinajstić information content (AvgIpc) is 2.87. The molecule has 0 aliphatic heterocycles. The molecule has 0 radical (unpaired) electrons. The molecule has 1 aromatic rings. The van der Waals surface area contributed by atoms with Crippen LogP contribution in [0.25, 0.3) is 0 Å². The zero-order valence-electron chi connectivity index (χ0n) is 10.6. The van der Waals surface area contributed by atoms with Crippen molar-refractivity contribution in [3.05, 3.63) is 16.3 Å². The van der Waals surface area contributed by atoms with Crippen molar-refractivity contribution >= 4 is 23.3 Å². The Kier molecular flexibility index (Phi) is 4.11. The summed E-state index contributed by atoms with van der Waals surface area (Å²) in [5.74, 6) is 1.52. The second kappa shape index (κ2) is 5.60. The van der Waals surface area contributed by atoms with E-state index in [0.29, 0.717) is 17.1 Å². The number of nitrogens with zero attached hydrogens (tertiary/aromatic N) is 3. The summed E-state index contributed by atoms with van der Waals surface area (Å²) in [5, 5.41) is 18.9. The largest absolute Gasteiger partial charge is 0.360 e. The molecule has 7 heteroatoms. The van der Waals surface area contributed by atoms with Gasteiger partial charge in [0.1, 0.15) is 6.20 Å². The Morgan fingerprint density at radius 1 is 1.67 bits per heavy atom. The molecule has 0 spiro atoms. The molecule has 2 rings (SSSR count). The van der Waals surface area contributed by atoms with Gasteiger partial charge in [-0.25, -0.2) is 0 Å². The molecular weight excluding hydrogens is 252 g/mol. The normalized spacial score (nSPS) is 23.2. The molecule has 2 unspecified atom stereocenters. The van der Waals surface area contributed by atoms with E-state index in [2.05, 4.69) is 17.3 Å². The molecule has 0 amide bonds. The van der Waals surface area contributed by atoms with Crippen LogP contribution in [0.5, 0.6) is 0 Å². The molecule has 0 saturated heterocycles. The van der Waals surface area contributed by atoms with Crippen molar-refractivity contribution in [2.45, 2.75) is 37.5 Å². The van der Waals surface area contributed by atoms with E-state index in [9.17, 15) is 10.1 Å². The Morgan fingerprint density at radius 3 is 3.11 bits per heavy atom. The van der Waals surface area contributed by atoms with Crippen molar-refractivity contribution in [1.29, 1.82) is 0 Å². The molecule has 1 fully saturated rings. The summed E-state index contributed by atoms with van der Waals surface area (Å²) in [6.07, 6.45) is 4.74. The van der Waals surface area contributed by atoms with Gasteiger partial charge in [-0.05, 0) is 25.0 Å². The van der Waals surface area contributed by atoms with Gasteiger partial charge in [-0.3, -0.25) is 14.8 Å². The Morgan fingerprint density at radius 2 is 2.44 bits per heavy atom. The van der Waals surface area contributed by atoms with E-state index in [4.69, 9.17) is 0 Å². The standard InChI is InChI=1S/C11H18N4O2S/c1-3-18-9-5-4-8(6-9)12-11-10(15(16)17)7-14(2)13-11/h7-9H,3-6H2,1-2H3,(H,12,13). The topological polar surface area (TPSA) is 73.0 Å². The van der Waals surface area contributed by atoms with Crippen LogP contribution in [-0.2, 0) is 7.05 Å². The lowest BCUT2D eigenvalue weighted by molar-refractivity contribution is -0.384. The molecule has 1 aromatic heterocycles. The number of nitro groups is 1. The van der Waals surface area contributed by atoms with Crippen LogP contribution in [0.1, 0.15) is 26.2 Å². The molecule has 1 N–H and O–H groups in total. The zero-order valence-corrected chi connectivity index (χ0v) is 11.4. The van der Waals surface area contributed by atoms with Crippen molar-refractivity contribution in [1.82, 2.24) is 9.78 Å². The van der Waals surface area contributed by atoms with E-state index in [-0.39, 0.29) is 10.6 Å². The number of aromatic nitrogens is 2. The van der Waals surface area contributed by atoms with Crippen LogP contribution in [0.4, 0.5) is 11.5 Å². The second-order valence-corrected chi connectivity index (χ2v) is 6.10. The van der Waals surface area contributed by atoms with Gasteiger partial charge in [-0.15, -0.1) is 5.10 Å². The third-order valence-corrected chi connectivity index (χ3v) is 4.37. The number of anilines is 1. The highest BCUT2D eigenvalue weighted by atomic mass is 32.2. The third-order valence-electron chi connectivity index (χ3n) is 3.13. The minimum absolute atomic E-state index is 0.0593. The van der Waals surface area contributed by atoms with Crippen molar-refractivity contribution in [2.24, 2.45) is 7.05 Å². The minimum atomic E-state index is -0.386. The summed E-state index contributed by atoms with van der Waals surface area (Å²) >= 11 is 1.97. The van der Waals surface area contributed by atoms with E-state index in [0.717, 1.165) is 18.6 Å². The van der Waals surface area contributed by atoms with Crippen LogP contribution in [0.2, 0.25) is 0 Å². The van der Waals surface area contributed by atoms with Crippen LogP contribution in [0.3, 0.4) is 0 Å². The molecule has 100 valence electrons. The summed E-state index contributed by atoms with van der Waals surface area (Å²) in [5.41, 5.74) is 0.0593. The molecule has 6 nitrogen and oxygen atoms in total. The fraction of sp³-hybridized carbons (Fsp3) is 0.727. The van der Waals surface area contributed by atoms with E-state index in [1.165, 1.54) is 17.3 Å². The van der Waals surface area contributed by atoms with Crippen molar-refractivity contribution in [3.8, 4) is 0 Å². The summed E-state index contributed by atoms with van der Waals surface area (Å²) in [4.78, 5) is 10.5. The predicted molar refractivity (Wildman–Crippen MR) is 73.0 cm³/mol. The molecule has 1 aliphatic rings. The summed E-state index contributed by atoms with van der Waals surface area (Å²) in [6, 6.07) is 0.308. The van der Waals surface area contributed by atoms with Crippen molar-refractivity contribution < 1.29 is 4.92 Å². The maximum atomic E-state index is 10.9. The Labute approximate surface area is 110 Å². The van der Waals surface area contributed by atoms with E-state index in [1.807, 2.05) is 11.8 Å². The highest BCUT2D eigenvalue weighted by Gasteiger charge is 2.27. The summed E-state index contributed by atoms with van der Waals surface area (Å²) < 4.78 is 1.48. The zero-order chi connectivity index (χ0) is 13.1. The maximum absolute atomic E-state index is 10.9. The third kappa shape index (κ3) is 2.95. The Balaban J connectivity index is 2.00. The molecule has 1 heterocycles. The van der Waals surface area contributed by atoms with Gasteiger partial charge >= 0.3 is 5.69 Å². The van der Waals surface area contributed by atoms with Crippen LogP contribution in [-0.4, -0.2) is 31.7 Å². The molecule has 1 aliphatic carbocycles. The van der Waals surface area contributed by atoms with Gasteiger partial charge in [-0.2, -0.15) is 11.8 Å². The molecule has 1 saturated carbocycles. The van der Waals surface area contributed by atoms with Gasteiger partial charge in [0.05, 0.1) is 4.92 Å². The number of aryl methyl sites for hydroxylation is 1. The highest BCUT2D eigenvalue weighted by molar-refractivity contribution is 7.99. The maximum Gasteiger partial charge on any atom is 0.330 e. The van der Waals surface area contributed by atoms with Crippen LogP contribution >= 0.6 is 11.8 Å². The molecule has 0 aromatic carbocycles. The van der Waals surface area contributed by atoms with Gasteiger partial charge in [0.15, 0.2) is 0 Å². The van der Waals surface area contributed by atoms with E-state index in [1.54, 1.807) is 7.05 Å². The first-order valence-corrected chi connectivity index (χ1v) is 7.21. The number of hydrogen-bond acceptors (Lipinski definition) is 5. The van der Waals surface area contributed by atoms with Crippen molar-refractivity contribution in [3.63, 3.8) is 0 Å². The van der Waals surface area contributed by atoms with Crippen LogP contribution < -0.4 is 5.32 Å². The molecule has 2 atom stereocenters. The van der Waals surface area contributed by atoms with Crippen LogP contribution in [0, 0.1) is 10.1 Å². The highest BCUT2D eigenvalue weighted by Crippen LogP contribution is 2.33. The van der Waals surface area contributed by atoms with E-state index >= 15 is 0 Å². The fourth-order valence-electron chi connectivity index (χ4n) is 2.36. The molecular formula is C11H18N4O2S. The Bertz CT molecular complexity index is 435. The molecule has 0 bridgehead atoms. The lowest BCUT2D eigenvalue weighted by Gasteiger charge is -2.11. The van der Waals surface area contributed by atoms with Crippen LogP contribution in [0.15, 0.2) is 6.20 Å². The lowest BCUT2D eigenvalue weighted by atomic mass is 10.2. The fourth-order valence-corrected chi connectivity index (χ4v) is 3.51. The Hall–Kier alpha value is -1.24. The first kappa shape index (κ1) is 13.2. The summed E-state index contributed by atoms with van der Waals surface area (Å²) in [6.45, 7) is 2.16. The van der Waals surface area contributed by atoms with E-state index < -0.39 is 0 Å². The number of thioether (sulfide) groups is 1. The first-order valence-electron chi connectivity index (χ1n) is 6.16. The SMILES string of the molecule is CCSC1CCC(Nc2nn(C)cc2[N+](=O)[O-])C1. The number of nitrogens with one attached hydrogen (secondary N) is 1. The summed E-state index contributed by atoms with van der Waals surface area (Å²) in [7, 11) is 1.70. The van der Waals surface area contributed by atoms with Gasteiger partial charge < -0.3 is 5.32 Å². The van der Waals surface area contributed by atoms with Gasteiger partial charge in [0.2, 0.25) is 5.82 Å². The quantitative estimate of drug-likeness (QED) is 0.657. The smallest absolute Gasteiger partial charge is 0.330 e. The minimum Gasteiger partial charge on any atom is -0.360 e. The van der Waals surface area contributed by atoms with Crippen molar-refractivity contribution in [2.75, 3.05) is 11.1 Å². The lowest BCUT2D eigenvalue weighted by Crippen LogP contribution is -2.17. The second-order valence-electron chi connectivity index (χ2n) is 4.53. The number of hydrogen-bond donors (Lipinski definition) is 1. The van der Waals surface area contributed by atoms with Gasteiger partial charge in [-0.1, -0.05) is 6.92 Å². The average molecular weight is 270 g/mol.